The molecule has 0 spiro atoms. The van der Waals surface area contributed by atoms with Crippen molar-refractivity contribution in [3.63, 3.8) is 0 Å². The number of hydrogen-bond donors (Lipinski definition) is 2. The second-order valence-corrected chi connectivity index (χ2v) is 5.44. The van der Waals surface area contributed by atoms with Crippen LogP contribution in [-0.4, -0.2) is 45.0 Å². The molecule has 0 aliphatic carbocycles. The van der Waals surface area contributed by atoms with E-state index in [0.29, 0.717) is 31.1 Å². The number of hydrogen-bond acceptors (Lipinski definition) is 5. The molecular weight excluding hydrogens is 256 g/mol. The van der Waals surface area contributed by atoms with Crippen LogP contribution in [0.2, 0.25) is 0 Å². The molecule has 0 saturated heterocycles. The number of anilines is 1. The molecule has 1 heterocycles. The van der Waals surface area contributed by atoms with E-state index in [9.17, 15) is 8.42 Å². The lowest BCUT2D eigenvalue weighted by molar-refractivity contribution is 0.398. The predicted octanol–water partition coefficient (Wildman–Crippen LogP) is 0.0275. The highest BCUT2D eigenvalue weighted by Crippen LogP contribution is 2.15. The number of pyridine rings is 1. The van der Waals surface area contributed by atoms with E-state index in [2.05, 4.69) is 9.71 Å². The van der Waals surface area contributed by atoms with Gasteiger partial charge in [-0.25, -0.2) is 4.98 Å². The van der Waals surface area contributed by atoms with E-state index in [0.717, 1.165) is 0 Å². The molecule has 1 aromatic rings. The fourth-order valence-electron chi connectivity index (χ4n) is 1.25. The first-order valence-electron chi connectivity index (χ1n) is 5.44. The van der Waals surface area contributed by atoms with Gasteiger partial charge in [-0.2, -0.15) is 12.7 Å². The van der Waals surface area contributed by atoms with Crippen molar-refractivity contribution in [2.75, 3.05) is 32.0 Å². The minimum Gasteiger partial charge on any atom is -0.481 e. The molecule has 1 rings (SSSR count). The molecule has 0 amide bonds. The van der Waals surface area contributed by atoms with E-state index in [-0.39, 0.29) is 0 Å². The fourth-order valence-corrected chi connectivity index (χ4v) is 2.20. The van der Waals surface area contributed by atoms with Crippen molar-refractivity contribution in [2.24, 2.45) is 5.73 Å². The van der Waals surface area contributed by atoms with Crippen LogP contribution in [0.25, 0.3) is 0 Å². The van der Waals surface area contributed by atoms with Crippen molar-refractivity contribution in [3.8, 4) is 5.88 Å². The molecule has 0 aliphatic heterocycles. The number of aromatic nitrogens is 1. The average Bonchev–Trinajstić information content (AvgIpc) is 2.35. The Morgan fingerprint density at radius 3 is 2.89 bits per heavy atom. The molecule has 7 nitrogen and oxygen atoms in total. The van der Waals surface area contributed by atoms with E-state index < -0.39 is 10.2 Å². The Labute approximate surface area is 107 Å². The molecule has 0 fully saturated rings. The van der Waals surface area contributed by atoms with Crippen LogP contribution >= 0.6 is 0 Å². The van der Waals surface area contributed by atoms with Gasteiger partial charge in [0.15, 0.2) is 0 Å². The van der Waals surface area contributed by atoms with Gasteiger partial charge in [0.25, 0.3) is 0 Å². The summed E-state index contributed by atoms with van der Waals surface area (Å²) in [4.78, 5) is 3.90. The third kappa shape index (κ3) is 4.13. The van der Waals surface area contributed by atoms with Crippen LogP contribution in [0.5, 0.6) is 5.88 Å². The molecule has 0 aliphatic rings. The zero-order valence-electron chi connectivity index (χ0n) is 10.5. The van der Waals surface area contributed by atoms with E-state index >= 15 is 0 Å². The van der Waals surface area contributed by atoms with Gasteiger partial charge >= 0.3 is 10.2 Å². The van der Waals surface area contributed by atoms with E-state index in [1.165, 1.54) is 30.7 Å². The molecule has 0 bridgehead atoms. The molecule has 0 unspecified atom stereocenters. The Balaban J connectivity index is 2.75. The standard InChI is InChI=1S/C10H18N4O3S/c1-14(7-3-5-11)18(15,16)13-9-4-6-12-10(8-9)17-2/h4,6,8H,3,5,7,11H2,1-2H3,(H,12,13). The molecule has 3 N–H and O–H groups in total. The second kappa shape index (κ2) is 6.53. The van der Waals surface area contributed by atoms with Crippen LogP contribution in [0.3, 0.4) is 0 Å². The van der Waals surface area contributed by atoms with Gasteiger partial charge in [0.05, 0.1) is 12.8 Å². The lowest BCUT2D eigenvalue weighted by Crippen LogP contribution is -2.34. The normalized spacial score (nSPS) is 11.6. The highest BCUT2D eigenvalue weighted by molar-refractivity contribution is 7.90. The Morgan fingerprint density at radius 2 is 2.28 bits per heavy atom. The molecule has 0 saturated carbocycles. The average molecular weight is 274 g/mol. The third-order valence-electron chi connectivity index (χ3n) is 2.28. The number of nitrogens with one attached hydrogen (secondary N) is 1. The summed E-state index contributed by atoms with van der Waals surface area (Å²) in [6, 6.07) is 3.06. The van der Waals surface area contributed by atoms with Gasteiger partial charge in [0, 0.05) is 25.9 Å². The maximum atomic E-state index is 11.9. The molecule has 102 valence electrons. The zero-order chi connectivity index (χ0) is 13.6. The molecule has 8 heteroatoms. The van der Waals surface area contributed by atoms with Crippen molar-refractivity contribution >= 4 is 15.9 Å². The first-order chi connectivity index (χ1) is 8.49. The zero-order valence-corrected chi connectivity index (χ0v) is 11.3. The quantitative estimate of drug-likeness (QED) is 0.731. The van der Waals surface area contributed by atoms with Gasteiger partial charge in [-0.15, -0.1) is 0 Å². The summed E-state index contributed by atoms with van der Waals surface area (Å²) in [6.07, 6.45) is 2.08. The Hall–Kier alpha value is -1.38. The molecule has 1 aromatic heterocycles. The number of methoxy groups -OCH3 is 1. The second-order valence-electron chi connectivity index (χ2n) is 3.66. The third-order valence-corrected chi connectivity index (χ3v) is 3.78. The minimum absolute atomic E-state index is 0.347. The summed E-state index contributed by atoms with van der Waals surface area (Å²) < 4.78 is 32.4. The van der Waals surface area contributed by atoms with Crippen molar-refractivity contribution in [2.45, 2.75) is 6.42 Å². The van der Waals surface area contributed by atoms with E-state index in [1.54, 1.807) is 6.07 Å². The number of rotatable bonds is 7. The smallest absolute Gasteiger partial charge is 0.301 e. The summed E-state index contributed by atoms with van der Waals surface area (Å²) in [5, 5.41) is 0. The first-order valence-corrected chi connectivity index (χ1v) is 6.88. The van der Waals surface area contributed by atoms with Crippen molar-refractivity contribution in [3.05, 3.63) is 18.3 Å². The van der Waals surface area contributed by atoms with E-state index in [1.807, 2.05) is 0 Å². The van der Waals surface area contributed by atoms with Gasteiger partial charge in [-0.1, -0.05) is 0 Å². The van der Waals surface area contributed by atoms with Crippen LogP contribution in [-0.2, 0) is 10.2 Å². The summed E-state index contributed by atoms with van der Waals surface area (Å²) >= 11 is 0. The van der Waals surface area contributed by atoms with Crippen LogP contribution in [0.15, 0.2) is 18.3 Å². The summed E-state index contributed by atoms with van der Waals surface area (Å²) in [7, 11) is -0.603. The maximum Gasteiger partial charge on any atom is 0.301 e. The summed E-state index contributed by atoms with van der Waals surface area (Å²) in [6.45, 7) is 0.816. The summed E-state index contributed by atoms with van der Waals surface area (Å²) in [5.74, 6) is 0.347. The largest absolute Gasteiger partial charge is 0.481 e. The van der Waals surface area contributed by atoms with Gasteiger partial charge in [-0.3, -0.25) is 4.72 Å². The van der Waals surface area contributed by atoms with Gasteiger partial charge in [0.1, 0.15) is 0 Å². The Kier molecular flexibility index (Phi) is 5.32. The summed E-state index contributed by atoms with van der Waals surface area (Å²) in [5.41, 5.74) is 5.75. The van der Waals surface area contributed by atoms with Crippen LogP contribution in [0.4, 0.5) is 5.69 Å². The van der Waals surface area contributed by atoms with Crippen molar-refractivity contribution in [1.29, 1.82) is 0 Å². The Bertz CT molecular complexity index is 478. The number of nitrogens with two attached hydrogens (primary N) is 1. The highest BCUT2D eigenvalue weighted by Gasteiger charge is 2.17. The minimum atomic E-state index is -3.57. The molecule has 0 atom stereocenters. The molecule has 18 heavy (non-hydrogen) atoms. The molecular formula is C10H18N4O3S. The highest BCUT2D eigenvalue weighted by atomic mass is 32.2. The van der Waals surface area contributed by atoms with Crippen molar-refractivity contribution in [1.82, 2.24) is 9.29 Å². The lowest BCUT2D eigenvalue weighted by atomic mass is 10.4. The topological polar surface area (TPSA) is 97.5 Å². The Morgan fingerprint density at radius 1 is 1.56 bits per heavy atom. The number of ether oxygens (including phenoxy) is 1. The lowest BCUT2D eigenvalue weighted by Gasteiger charge is -2.17. The molecule has 0 aromatic carbocycles. The maximum absolute atomic E-state index is 11.9. The SMILES string of the molecule is COc1cc(NS(=O)(=O)N(C)CCCN)ccn1. The van der Waals surface area contributed by atoms with Crippen LogP contribution < -0.4 is 15.2 Å². The van der Waals surface area contributed by atoms with Crippen LogP contribution in [0.1, 0.15) is 6.42 Å². The fraction of sp³-hybridized carbons (Fsp3) is 0.500. The molecule has 0 radical (unpaired) electrons. The van der Waals surface area contributed by atoms with Gasteiger partial charge in [-0.05, 0) is 19.0 Å². The van der Waals surface area contributed by atoms with E-state index in [4.69, 9.17) is 10.5 Å². The number of nitrogens with zero attached hydrogens (tertiary/aromatic N) is 2. The van der Waals surface area contributed by atoms with Crippen molar-refractivity contribution < 1.29 is 13.2 Å². The van der Waals surface area contributed by atoms with Gasteiger partial charge in [0.2, 0.25) is 5.88 Å². The van der Waals surface area contributed by atoms with Crippen LogP contribution in [0, 0.1) is 0 Å². The van der Waals surface area contributed by atoms with Gasteiger partial charge < -0.3 is 10.5 Å². The first kappa shape index (κ1) is 14.7. The monoisotopic (exact) mass is 274 g/mol. The predicted molar refractivity (Wildman–Crippen MR) is 69.6 cm³/mol.